The molecule has 10 heteroatoms. The summed E-state index contributed by atoms with van der Waals surface area (Å²) in [5, 5.41) is 0.561. The summed E-state index contributed by atoms with van der Waals surface area (Å²) in [6.07, 6.45) is 1.76. The molecule has 0 aliphatic carbocycles. The van der Waals surface area contributed by atoms with Crippen LogP contribution < -0.4 is 9.47 Å². The van der Waals surface area contributed by atoms with Crippen LogP contribution in [-0.4, -0.2) is 73.2 Å². The third-order valence-electron chi connectivity index (χ3n) is 5.72. The number of ether oxygens (including phenoxy) is 3. The number of carbonyl (C=O) groups is 2. The van der Waals surface area contributed by atoms with E-state index >= 15 is 0 Å². The second-order valence-electron chi connectivity index (χ2n) is 7.95. The fourth-order valence-corrected chi connectivity index (χ4v) is 4.77. The van der Waals surface area contributed by atoms with Gasteiger partial charge in [-0.05, 0) is 29.3 Å². The maximum Gasteiger partial charge on any atom is 0.261 e. The van der Waals surface area contributed by atoms with Gasteiger partial charge in [-0.15, -0.1) is 0 Å². The number of pyridine rings is 1. The van der Waals surface area contributed by atoms with E-state index in [-0.39, 0.29) is 25.0 Å². The zero-order chi connectivity index (χ0) is 24.8. The van der Waals surface area contributed by atoms with Crippen LogP contribution in [0.15, 0.2) is 54.7 Å². The summed E-state index contributed by atoms with van der Waals surface area (Å²) in [7, 11) is 3.10. The molecule has 0 saturated carbocycles. The molecule has 4 rings (SSSR count). The molecule has 0 radical (unpaired) electrons. The van der Waals surface area contributed by atoms with E-state index in [1.165, 1.54) is 23.3 Å². The van der Waals surface area contributed by atoms with Crippen molar-refractivity contribution in [2.45, 2.75) is 12.6 Å². The highest BCUT2D eigenvalue weighted by molar-refractivity contribution is 7.17. The predicted octanol–water partition coefficient (Wildman–Crippen LogP) is 3.74. The zero-order valence-corrected chi connectivity index (χ0v) is 21.1. The molecule has 184 valence electrons. The van der Waals surface area contributed by atoms with Gasteiger partial charge in [-0.25, -0.2) is 4.98 Å². The van der Waals surface area contributed by atoms with Crippen molar-refractivity contribution in [2.24, 2.45) is 0 Å². The van der Waals surface area contributed by atoms with E-state index < -0.39 is 6.04 Å². The highest BCUT2D eigenvalue weighted by Gasteiger charge is 2.37. The molecular weight excluding hydrogens is 490 g/mol. The van der Waals surface area contributed by atoms with Crippen LogP contribution >= 0.6 is 22.9 Å². The Morgan fingerprint density at radius 1 is 1.09 bits per heavy atom. The fourth-order valence-electron chi connectivity index (χ4n) is 3.90. The number of rotatable bonds is 9. The molecule has 2 aromatic heterocycles. The van der Waals surface area contributed by atoms with E-state index in [1.807, 2.05) is 36.4 Å². The van der Waals surface area contributed by atoms with Crippen LogP contribution in [0.3, 0.4) is 0 Å². The van der Waals surface area contributed by atoms with Gasteiger partial charge in [-0.2, -0.15) is 0 Å². The minimum absolute atomic E-state index is 0.120. The predicted molar refractivity (Wildman–Crippen MR) is 134 cm³/mol. The lowest BCUT2D eigenvalue weighted by atomic mass is 10.0. The first-order valence-corrected chi connectivity index (χ1v) is 12.2. The van der Waals surface area contributed by atoms with Crippen molar-refractivity contribution in [1.29, 1.82) is 0 Å². The zero-order valence-electron chi connectivity index (χ0n) is 19.5. The number of nitrogens with zero attached hydrogens (tertiary/aromatic N) is 3. The average Bonchev–Trinajstić information content (AvgIpc) is 3.30. The third-order valence-corrected chi connectivity index (χ3v) is 6.86. The number of hydrogen-bond donors (Lipinski definition) is 0. The number of carbonyl (C=O) groups excluding carboxylic acids is 2. The largest absolute Gasteiger partial charge is 0.481 e. The molecule has 0 N–H and O–H groups in total. The van der Waals surface area contributed by atoms with Crippen molar-refractivity contribution in [3.63, 3.8) is 0 Å². The summed E-state index contributed by atoms with van der Waals surface area (Å²) < 4.78 is 16.5. The van der Waals surface area contributed by atoms with Crippen LogP contribution in [0.2, 0.25) is 4.34 Å². The molecule has 1 saturated heterocycles. The molecule has 1 aliphatic rings. The van der Waals surface area contributed by atoms with Gasteiger partial charge in [0, 0.05) is 44.6 Å². The number of hydrogen-bond acceptors (Lipinski definition) is 7. The van der Waals surface area contributed by atoms with Crippen LogP contribution in [0.25, 0.3) is 11.1 Å². The number of amides is 2. The molecule has 1 aromatic carbocycles. The third kappa shape index (κ3) is 6.11. The highest BCUT2D eigenvalue weighted by atomic mass is 35.5. The van der Waals surface area contributed by atoms with E-state index in [0.717, 1.165) is 16.7 Å². The summed E-state index contributed by atoms with van der Waals surface area (Å²) in [5.41, 5.74) is 3.00. The monoisotopic (exact) mass is 515 g/mol. The molecule has 1 aliphatic heterocycles. The lowest BCUT2D eigenvalue weighted by molar-refractivity contribution is -0.155. The Balaban J connectivity index is 1.38. The smallest absolute Gasteiger partial charge is 0.261 e. The number of benzene rings is 1. The Kier molecular flexibility index (Phi) is 8.22. The number of aromatic nitrogens is 1. The van der Waals surface area contributed by atoms with Crippen LogP contribution in [0.1, 0.15) is 5.56 Å². The van der Waals surface area contributed by atoms with Gasteiger partial charge in [0.1, 0.15) is 6.04 Å². The van der Waals surface area contributed by atoms with Crippen LogP contribution in [-0.2, 0) is 20.9 Å². The quantitative estimate of drug-likeness (QED) is 0.432. The Morgan fingerprint density at radius 3 is 2.49 bits per heavy atom. The van der Waals surface area contributed by atoms with Gasteiger partial charge in [0.25, 0.3) is 5.91 Å². The topological polar surface area (TPSA) is 81.2 Å². The van der Waals surface area contributed by atoms with E-state index in [4.69, 9.17) is 25.8 Å². The highest BCUT2D eigenvalue weighted by Crippen LogP contribution is 2.28. The molecule has 0 spiro atoms. The van der Waals surface area contributed by atoms with E-state index in [2.05, 4.69) is 4.98 Å². The first kappa shape index (κ1) is 25.0. The van der Waals surface area contributed by atoms with Gasteiger partial charge in [0.05, 0.1) is 18.1 Å². The Labute approximate surface area is 213 Å². The lowest BCUT2D eigenvalue weighted by Crippen LogP contribution is -2.60. The first-order chi connectivity index (χ1) is 17.0. The second kappa shape index (κ2) is 11.5. The van der Waals surface area contributed by atoms with E-state index in [1.54, 1.807) is 30.3 Å². The van der Waals surface area contributed by atoms with Gasteiger partial charge in [-0.3, -0.25) is 9.59 Å². The van der Waals surface area contributed by atoms with Gasteiger partial charge in [0.2, 0.25) is 11.8 Å². The molecule has 3 aromatic rings. The number of thiophene rings is 1. The number of methoxy groups -OCH3 is 2. The normalized spacial score (nSPS) is 15.9. The van der Waals surface area contributed by atoms with Gasteiger partial charge in [-0.1, -0.05) is 47.2 Å². The van der Waals surface area contributed by atoms with Crippen LogP contribution in [0.4, 0.5) is 0 Å². The van der Waals surface area contributed by atoms with Crippen molar-refractivity contribution < 1.29 is 23.8 Å². The van der Waals surface area contributed by atoms with Crippen molar-refractivity contribution >= 4 is 34.8 Å². The van der Waals surface area contributed by atoms with Crippen molar-refractivity contribution in [3.8, 4) is 22.1 Å². The van der Waals surface area contributed by atoms with E-state index in [9.17, 15) is 9.59 Å². The first-order valence-electron chi connectivity index (χ1n) is 11.0. The maximum atomic E-state index is 13.2. The fraction of sp³-hybridized carbons (Fsp3) is 0.320. The van der Waals surface area contributed by atoms with Crippen molar-refractivity contribution in [3.05, 3.63) is 64.6 Å². The number of piperazine rings is 1. The van der Waals surface area contributed by atoms with Crippen molar-refractivity contribution in [2.75, 3.05) is 40.5 Å². The molecule has 0 bridgehead atoms. The minimum atomic E-state index is -0.693. The van der Waals surface area contributed by atoms with Gasteiger partial charge >= 0.3 is 0 Å². The second-order valence-corrected chi connectivity index (χ2v) is 9.63. The average molecular weight is 516 g/mol. The summed E-state index contributed by atoms with van der Waals surface area (Å²) in [4.78, 5) is 33.6. The summed E-state index contributed by atoms with van der Waals surface area (Å²) in [6.45, 7) is 1.25. The molecular formula is C25H26ClN3O5S. The Morgan fingerprint density at radius 2 is 1.86 bits per heavy atom. The maximum absolute atomic E-state index is 13.2. The summed E-state index contributed by atoms with van der Waals surface area (Å²) >= 11 is 7.16. The lowest BCUT2D eigenvalue weighted by Gasteiger charge is -2.40. The molecule has 0 unspecified atom stereocenters. The molecule has 35 heavy (non-hydrogen) atoms. The minimum Gasteiger partial charge on any atom is -0.481 e. The summed E-state index contributed by atoms with van der Waals surface area (Å²) in [6, 6.07) is 14.5. The molecule has 8 nitrogen and oxygen atoms in total. The van der Waals surface area contributed by atoms with Crippen molar-refractivity contribution in [1.82, 2.24) is 14.8 Å². The van der Waals surface area contributed by atoms with E-state index in [0.29, 0.717) is 34.9 Å². The molecule has 1 fully saturated rings. The standard InChI is InChI=1S/C25H26ClN3O5S/c1-32-15-20-25(31)28(11-12-29(20)23(30)16-34-24-10-8-21(26)35-24)14-17-3-5-18(6-4-17)19-7-9-22(33-2)27-13-19/h3-10,13,20H,11-12,14-16H2,1-2H3/t20-/m0/s1. The Bertz CT molecular complexity index is 1150. The van der Waals surface area contributed by atoms with Crippen LogP contribution in [0.5, 0.6) is 10.9 Å². The van der Waals surface area contributed by atoms with Gasteiger partial charge < -0.3 is 24.0 Å². The van der Waals surface area contributed by atoms with Crippen LogP contribution in [0, 0.1) is 0 Å². The molecule has 3 heterocycles. The summed E-state index contributed by atoms with van der Waals surface area (Å²) in [5.74, 6) is 0.158. The molecule has 1 atom stereocenters. The van der Waals surface area contributed by atoms with Gasteiger partial charge in [0.15, 0.2) is 11.7 Å². The Hall–Kier alpha value is -3.14. The molecule has 2 amide bonds. The SMILES string of the molecule is COC[C@H]1C(=O)N(Cc2ccc(-c3ccc(OC)nc3)cc2)CCN1C(=O)COc1ccc(Cl)s1. The number of halogens is 1.